The van der Waals surface area contributed by atoms with Gasteiger partial charge in [-0.25, -0.2) is 8.78 Å². The Hall–Kier alpha value is -1.31. The van der Waals surface area contributed by atoms with Gasteiger partial charge in [0.2, 0.25) is 0 Å². The van der Waals surface area contributed by atoms with Crippen molar-refractivity contribution in [2.24, 2.45) is 5.92 Å². The van der Waals surface area contributed by atoms with Crippen LogP contribution in [0.5, 0.6) is 0 Å². The van der Waals surface area contributed by atoms with E-state index in [1.807, 2.05) is 13.8 Å². The van der Waals surface area contributed by atoms with Gasteiger partial charge in [0.15, 0.2) is 10.7 Å². The SMILES string of the molecule is CC(C)C1=[C+]C=CC(S(=O)(=O)Nc2ccc(F)c(I)c2F)=C1. The maximum absolute atomic E-state index is 13.9. The summed E-state index contributed by atoms with van der Waals surface area (Å²) in [7, 11) is -3.96. The molecule has 0 amide bonds. The van der Waals surface area contributed by atoms with Crippen molar-refractivity contribution in [1.82, 2.24) is 0 Å². The topological polar surface area (TPSA) is 46.2 Å². The fraction of sp³-hybridized carbons (Fsp3) is 0.200. The molecule has 116 valence electrons. The van der Waals surface area contributed by atoms with Crippen molar-refractivity contribution in [3.8, 4) is 0 Å². The minimum absolute atomic E-state index is 0.00804. The monoisotopic (exact) mass is 436 g/mol. The highest BCUT2D eigenvalue weighted by molar-refractivity contribution is 14.1. The molecule has 0 heterocycles. The average molecular weight is 436 g/mol. The maximum Gasteiger partial charge on any atom is 0.287 e. The lowest BCUT2D eigenvalue weighted by molar-refractivity contribution is 0.572. The van der Waals surface area contributed by atoms with E-state index in [0.29, 0.717) is 0 Å². The molecule has 0 saturated heterocycles. The Morgan fingerprint density at radius 3 is 2.59 bits per heavy atom. The first-order chi connectivity index (χ1) is 10.2. The molecule has 1 aliphatic carbocycles. The minimum Gasteiger partial charge on any atom is -0.275 e. The van der Waals surface area contributed by atoms with Crippen molar-refractivity contribution in [2.75, 3.05) is 4.72 Å². The van der Waals surface area contributed by atoms with Crippen LogP contribution in [0.4, 0.5) is 14.5 Å². The van der Waals surface area contributed by atoms with Crippen LogP contribution >= 0.6 is 22.6 Å². The second-order valence-electron chi connectivity index (χ2n) is 4.96. The van der Waals surface area contributed by atoms with Gasteiger partial charge in [-0.3, -0.25) is 4.72 Å². The summed E-state index contributed by atoms with van der Waals surface area (Å²) in [5.41, 5.74) is 0.446. The number of allylic oxidation sites excluding steroid dienone is 5. The van der Waals surface area contributed by atoms with Crippen molar-refractivity contribution < 1.29 is 17.2 Å². The Morgan fingerprint density at radius 2 is 1.95 bits per heavy atom. The molecule has 0 radical (unpaired) electrons. The molecular formula is C15H13F2INO2S+. The number of sulfonamides is 1. The first kappa shape index (κ1) is 17.1. The molecule has 0 fully saturated rings. The van der Waals surface area contributed by atoms with Crippen molar-refractivity contribution >= 4 is 38.3 Å². The first-order valence-corrected chi connectivity index (χ1v) is 8.96. The molecule has 1 aromatic carbocycles. The van der Waals surface area contributed by atoms with E-state index in [-0.39, 0.29) is 20.1 Å². The van der Waals surface area contributed by atoms with E-state index >= 15 is 0 Å². The summed E-state index contributed by atoms with van der Waals surface area (Å²) in [4.78, 5) is 0.00804. The Morgan fingerprint density at radius 1 is 1.27 bits per heavy atom. The number of hydrogen-bond donors (Lipinski definition) is 1. The van der Waals surface area contributed by atoms with E-state index in [1.54, 1.807) is 0 Å². The summed E-state index contributed by atoms with van der Waals surface area (Å²) in [6, 6.07) is 2.07. The third-order valence-corrected chi connectivity index (χ3v) is 5.36. The van der Waals surface area contributed by atoms with Crippen LogP contribution in [0.15, 0.2) is 40.8 Å². The molecule has 0 aliphatic heterocycles. The number of anilines is 1. The van der Waals surface area contributed by atoms with Crippen molar-refractivity contribution in [3.63, 3.8) is 0 Å². The Bertz CT molecular complexity index is 796. The van der Waals surface area contributed by atoms with Gasteiger partial charge in [-0.1, -0.05) is 13.8 Å². The zero-order valence-electron chi connectivity index (χ0n) is 11.8. The van der Waals surface area contributed by atoms with Crippen LogP contribution in [0.3, 0.4) is 0 Å². The molecule has 2 rings (SSSR count). The molecule has 3 nitrogen and oxygen atoms in total. The summed E-state index contributed by atoms with van der Waals surface area (Å²) in [5.74, 6) is -1.56. The molecule has 1 N–H and O–H groups in total. The van der Waals surface area contributed by atoms with Crippen molar-refractivity contribution in [1.29, 1.82) is 0 Å². The van der Waals surface area contributed by atoms with Gasteiger partial charge in [0.25, 0.3) is 10.0 Å². The van der Waals surface area contributed by atoms with Gasteiger partial charge < -0.3 is 0 Å². The van der Waals surface area contributed by atoms with Gasteiger partial charge in [0, 0.05) is 12.0 Å². The van der Waals surface area contributed by atoms with Gasteiger partial charge in [0.05, 0.1) is 21.4 Å². The predicted molar refractivity (Wildman–Crippen MR) is 90.4 cm³/mol. The number of nitrogens with one attached hydrogen (secondary N) is 1. The zero-order valence-corrected chi connectivity index (χ0v) is 14.8. The van der Waals surface area contributed by atoms with Crippen LogP contribution < -0.4 is 4.72 Å². The van der Waals surface area contributed by atoms with Crippen LogP contribution in [0.25, 0.3) is 0 Å². The lowest BCUT2D eigenvalue weighted by Crippen LogP contribution is -2.17. The highest BCUT2D eigenvalue weighted by atomic mass is 127. The van der Waals surface area contributed by atoms with Gasteiger partial charge >= 0.3 is 0 Å². The maximum atomic E-state index is 13.9. The molecule has 0 atom stereocenters. The molecule has 0 saturated carbocycles. The summed E-state index contributed by atoms with van der Waals surface area (Å²) < 4.78 is 53.7. The lowest BCUT2D eigenvalue weighted by Gasteiger charge is -2.10. The number of benzene rings is 1. The van der Waals surface area contributed by atoms with E-state index in [0.717, 1.165) is 17.7 Å². The van der Waals surface area contributed by atoms with Crippen LogP contribution in [0.1, 0.15) is 13.8 Å². The van der Waals surface area contributed by atoms with Gasteiger partial charge in [-0.05, 0) is 34.7 Å². The first-order valence-electron chi connectivity index (χ1n) is 6.40. The smallest absolute Gasteiger partial charge is 0.275 e. The van der Waals surface area contributed by atoms with E-state index in [4.69, 9.17) is 0 Å². The van der Waals surface area contributed by atoms with Crippen LogP contribution in [0.2, 0.25) is 0 Å². The molecule has 1 aliphatic rings. The number of hydrogen-bond acceptors (Lipinski definition) is 2. The Kier molecular flexibility index (Phi) is 4.99. The Labute approximate surface area is 142 Å². The van der Waals surface area contributed by atoms with Crippen molar-refractivity contribution in [3.05, 3.63) is 62.1 Å². The summed E-state index contributed by atoms with van der Waals surface area (Å²) in [6.07, 6.45) is 7.32. The molecule has 7 heteroatoms. The zero-order chi connectivity index (χ0) is 16.5. The van der Waals surface area contributed by atoms with Crippen LogP contribution in [0, 0.1) is 27.2 Å². The fourth-order valence-corrected chi connectivity index (χ4v) is 3.34. The molecule has 0 aromatic heterocycles. The van der Waals surface area contributed by atoms with Gasteiger partial charge in [-0.2, -0.15) is 8.42 Å². The third-order valence-electron chi connectivity index (χ3n) is 3.01. The predicted octanol–water partition coefficient (Wildman–Crippen LogP) is 4.15. The van der Waals surface area contributed by atoms with E-state index in [2.05, 4.69) is 10.8 Å². The lowest BCUT2D eigenvalue weighted by atomic mass is 10.0. The standard InChI is InChI=1S/C15H13F2INO2S/c1-9(2)10-4-3-5-11(8-10)22(20,21)19-13-7-6-12(16)15(18)14(13)17/h3,5-9,19H,1-2H3/q+1. The van der Waals surface area contributed by atoms with Crippen LogP contribution in [-0.2, 0) is 10.0 Å². The molecule has 22 heavy (non-hydrogen) atoms. The van der Waals surface area contributed by atoms with E-state index < -0.39 is 21.7 Å². The van der Waals surface area contributed by atoms with Gasteiger partial charge in [-0.15, -0.1) is 0 Å². The second kappa shape index (κ2) is 6.44. The highest BCUT2D eigenvalue weighted by Gasteiger charge is 2.26. The van der Waals surface area contributed by atoms with Gasteiger partial charge in [0.1, 0.15) is 17.5 Å². The molecular weight excluding hydrogens is 423 g/mol. The fourth-order valence-electron chi connectivity index (χ4n) is 1.77. The Balaban J connectivity index is 2.36. The summed E-state index contributed by atoms with van der Waals surface area (Å²) >= 11 is 1.48. The van der Waals surface area contributed by atoms with E-state index in [9.17, 15) is 17.2 Å². The number of rotatable bonds is 4. The quantitative estimate of drug-likeness (QED) is 0.438. The van der Waals surface area contributed by atoms with E-state index in [1.165, 1.54) is 40.8 Å². The summed E-state index contributed by atoms with van der Waals surface area (Å²) in [5, 5.41) is 0. The molecule has 0 spiro atoms. The average Bonchev–Trinajstić information content (AvgIpc) is 2.48. The molecule has 1 aromatic rings. The normalized spacial score (nSPS) is 14.5. The summed E-state index contributed by atoms with van der Waals surface area (Å²) in [6.45, 7) is 3.83. The number of halogens is 3. The van der Waals surface area contributed by atoms with Crippen LogP contribution in [-0.4, -0.2) is 8.42 Å². The van der Waals surface area contributed by atoms with Crippen molar-refractivity contribution in [2.45, 2.75) is 13.8 Å². The minimum atomic E-state index is -3.96. The second-order valence-corrected chi connectivity index (χ2v) is 7.72. The molecule has 0 unspecified atom stereocenters. The largest absolute Gasteiger partial charge is 0.287 e. The third kappa shape index (κ3) is 3.53. The molecule has 0 bridgehead atoms. The highest BCUT2D eigenvalue weighted by Crippen LogP contribution is 2.27.